The lowest BCUT2D eigenvalue weighted by Crippen LogP contribution is -2.48. The number of allylic oxidation sites excluding steroid dienone is 3. The van der Waals surface area contributed by atoms with E-state index in [4.69, 9.17) is 0 Å². The van der Waals surface area contributed by atoms with Gasteiger partial charge in [-0.1, -0.05) is 37.6 Å². The summed E-state index contributed by atoms with van der Waals surface area (Å²) in [6.45, 7) is 7.15. The molecule has 0 aliphatic heterocycles. The molecule has 0 aromatic carbocycles. The molecule has 2 fully saturated rings. The maximum Gasteiger partial charge on any atom is 0.0522 e. The van der Waals surface area contributed by atoms with Gasteiger partial charge in [0.25, 0.3) is 0 Å². The third kappa shape index (κ3) is 1.56. The van der Waals surface area contributed by atoms with Crippen LogP contribution in [0.25, 0.3) is 0 Å². The highest BCUT2D eigenvalue weighted by molar-refractivity contribution is 5.33. The normalized spacial score (nSPS) is 50.0. The van der Waals surface area contributed by atoms with E-state index in [0.717, 1.165) is 23.7 Å². The van der Waals surface area contributed by atoms with Crippen LogP contribution in [0.5, 0.6) is 0 Å². The summed E-state index contributed by atoms with van der Waals surface area (Å²) in [4.78, 5) is 0. The molecule has 0 bridgehead atoms. The molecule has 0 radical (unpaired) electrons. The Labute approximate surface area is 111 Å². The SMILES string of the molecule is C/C=C/CC1CC(C)C2CC3=CC(C)(CO)C1C32. The average molecular weight is 246 g/mol. The molecule has 0 heterocycles. The summed E-state index contributed by atoms with van der Waals surface area (Å²) < 4.78 is 0. The minimum Gasteiger partial charge on any atom is -0.395 e. The van der Waals surface area contributed by atoms with Crippen LogP contribution in [0.1, 0.15) is 40.0 Å². The van der Waals surface area contributed by atoms with Gasteiger partial charge in [-0.3, -0.25) is 0 Å². The van der Waals surface area contributed by atoms with Crippen molar-refractivity contribution in [2.24, 2.45) is 35.0 Å². The highest BCUT2D eigenvalue weighted by Gasteiger charge is 2.59. The van der Waals surface area contributed by atoms with Crippen LogP contribution in [-0.4, -0.2) is 11.7 Å². The zero-order valence-corrected chi connectivity index (χ0v) is 11.9. The molecule has 0 spiro atoms. The number of rotatable bonds is 3. The molecule has 0 amide bonds. The van der Waals surface area contributed by atoms with Crippen molar-refractivity contribution in [2.75, 3.05) is 6.61 Å². The van der Waals surface area contributed by atoms with Crippen LogP contribution in [0.4, 0.5) is 0 Å². The van der Waals surface area contributed by atoms with E-state index in [2.05, 4.69) is 39.0 Å². The highest BCUT2D eigenvalue weighted by Crippen LogP contribution is 2.65. The number of hydrogen-bond donors (Lipinski definition) is 1. The Kier molecular flexibility index (Phi) is 2.93. The molecule has 18 heavy (non-hydrogen) atoms. The second-order valence-electron chi connectivity index (χ2n) is 7.08. The summed E-state index contributed by atoms with van der Waals surface area (Å²) in [5.74, 6) is 4.06. The average Bonchev–Trinajstić information content (AvgIpc) is 2.58. The minimum absolute atomic E-state index is 0.0567. The number of aliphatic hydroxyl groups is 1. The lowest BCUT2D eigenvalue weighted by Gasteiger charge is -2.54. The summed E-state index contributed by atoms with van der Waals surface area (Å²) in [7, 11) is 0. The molecular weight excluding hydrogens is 220 g/mol. The van der Waals surface area contributed by atoms with Crippen molar-refractivity contribution in [3.05, 3.63) is 23.8 Å². The summed E-state index contributed by atoms with van der Waals surface area (Å²) >= 11 is 0. The summed E-state index contributed by atoms with van der Waals surface area (Å²) in [5.41, 5.74) is 1.72. The summed E-state index contributed by atoms with van der Waals surface area (Å²) in [6, 6.07) is 0. The molecule has 3 rings (SSSR count). The van der Waals surface area contributed by atoms with E-state index in [1.807, 2.05) is 0 Å². The first kappa shape index (κ1) is 12.5. The maximum atomic E-state index is 9.85. The predicted octanol–water partition coefficient (Wildman–Crippen LogP) is 3.80. The van der Waals surface area contributed by atoms with Gasteiger partial charge in [0.15, 0.2) is 0 Å². The molecule has 0 aromatic heterocycles. The fourth-order valence-corrected chi connectivity index (χ4v) is 5.12. The molecule has 100 valence electrons. The van der Waals surface area contributed by atoms with Crippen molar-refractivity contribution < 1.29 is 5.11 Å². The van der Waals surface area contributed by atoms with Crippen LogP contribution >= 0.6 is 0 Å². The number of hydrogen-bond acceptors (Lipinski definition) is 1. The van der Waals surface area contributed by atoms with Gasteiger partial charge < -0.3 is 5.11 Å². The van der Waals surface area contributed by atoms with E-state index in [0.29, 0.717) is 12.5 Å². The molecule has 6 unspecified atom stereocenters. The maximum absolute atomic E-state index is 9.85. The van der Waals surface area contributed by atoms with Gasteiger partial charge in [0.05, 0.1) is 6.61 Å². The highest BCUT2D eigenvalue weighted by atomic mass is 16.3. The van der Waals surface area contributed by atoms with Crippen LogP contribution in [0, 0.1) is 35.0 Å². The Morgan fingerprint density at radius 2 is 2.28 bits per heavy atom. The monoisotopic (exact) mass is 246 g/mol. The minimum atomic E-state index is 0.0567. The summed E-state index contributed by atoms with van der Waals surface area (Å²) in [5, 5.41) is 9.85. The van der Waals surface area contributed by atoms with E-state index in [9.17, 15) is 5.11 Å². The van der Waals surface area contributed by atoms with Crippen LogP contribution in [0.3, 0.4) is 0 Å². The van der Waals surface area contributed by atoms with Crippen molar-refractivity contribution in [2.45, 2.75) is 40.0 Å². The predicted molar refractivity (Wildman–Crippen MR) is 75.1 cm³/mol. The third-order valence-electron chi connectivity index (χ3n) is 5.95. The van der Waals surface area contributed by atoms with Gasteiger partial charge in [0.2, 0.25) is 0 Å². The van der Waals surface area contributed by atoms with Gasteiger partial charge in [-0.05, 0) is 55.8 Å². The largest absolute Gasteiger partial charge is 0.395 e. The van der Waals surface area contributed by atoms with E-state index >= 15 is 0 Å². The first-order valence-electron chi connectivity index (χ1n) is 7.54. The van der Waals surface area contributed by atoms with Crippen molar-refractivity contribution >= 4 is 0 Å². The Balaban J connectivity index is 1.89. The van der Waals surface area contributed by atoms with Gasteiger partial charge >= 0.3 is 0 Å². The first-order valence-corrected chi connectivity index (χ1v) is 7.54. The summed E-state index contributed by atoms with van der Waals surface area (Å²) in [6.07, 6.45) is 10.8. The van der Waals surface area contributed by atoms with Crippen LogP contribution in [0.15, 0.2) is 23.8 Å². The molecule has 6 atom stereocenters. The smallest absolute Gasteiger partial charge is 0.0522 e. The van der Waals surface area contributed by atoms with E-state index in [1.54, 1.807) is 5.57 Å². The molecular formula is C17H26O. The second kappa shape index (κ2) is 4.23. The lowest BCUT2D eigenvalue weighted by molar-refractivity contribution is -0.0273. The van der Waals surface area contributed by atoms with Crippen LogP contribution in [0.2, 0.25) is 0 Å². The Hall–Kier alpha value is -0.560. The molecule has 0 aromatic rings. The second-order valence-corrected chi connectivity index (χ2v) is 7.08. The van der Waals surface area contributed by atoms with Crippen LogP contribution in [-0.2, 0) is 0 Å². The molecule has 1 heteroatoms. The molecule has 3 aliphatic carbocycles. The fourth-order valence-electron chi connectivity index (χ4n) is 5.12. The zero-order valence-electron chi connectivity index (χ0n) is 11.9. The van der Waals surface area contributed by atoms with E-state index in [1.165, 1.54) is 19.3 Å². The van der Waals surface area contributed by atoms with E-state index < -0.39 is 0 Å². The Morgan fingerprint density at radius 3 is 2.94 bits per heavy atom. The van der Waals surface area contributed by atoms with Crippen molar-refractivity contribution in [1.29, 1.82) is 0 Å². The molecule has 0 saturated heterocycles. The van der Waals surface area contributed by atoms with Gasteiger partial charge in [0, 0.05) is 5.41 Å². The quantitative estimate of drug-likeness (QED) is 0.751. The van der Waals surface area contributed by atoms with Crippen molar-refractivity contribution in [1.82, 2.24) is 0 Å². The standard InChI is InChI=1S/C17H26O/c1-4-5-6-12-7-11(2)14-8-13-9-17(3,10-18)16(12)15(13)14/h4-5,9,11-12,14-16,18H,6-8,10H2,1-3H3/b5-4+. The molecule has 3 aliphatic rings. The van der Waals surface area contributed by atoms with Crippen molar-refractivity contribution in [3.63, 3.8) is 0 Å². The van der Waals surface area contributed by atoms with Gasteiger partial charge in [-0.25, -0.2) is 0 Å². The van der Waals surface area contributed by atoms with Gasteiger partial charge in [-0.15, -0.1) is 0 Å². The first-order chi connectivity index (χ1) is 8.60. The van der Waals surface area contributed by atoms with Gasteiger partial charge in [-0.2, -0.15) is 0 Å². The molecule has 1 nitrogen and oxygen atoms in total. The zero-order chi connectivity index (χ0) is 12.9. The molecule has 2 saturated carbocycles. The number of aliphatic hydroxyl groups excluding tert-OH is 1. The Morgan fingerprint density at radius 1 is 1.50 bits per heavy atom. The van der Waals surface area contributed by atoms with Gasteiger partial charge in [0.1, 0.15) is 0 Å². The third-order valence-corrected chi connectivity index (χ3v) is 5.95. The Bertz CT molecular complexity index is 394. The molecule has 1 N–H and O–H groups in total. The fraction of sp³-hybridized carbons (Fsp3) is 0.765. The van der Waals surface area contributed by atoms with Crippen molar-refractivity contribution in [3.8, 4) is 0 Å². The topological polar surface area (TPSA) is 20.2 Å². The van der Waals surface area contributed by atoms with Crippen LogP contribution < -0.4 is 0 Å². The lowest BCUT2D eigenvalue weighted by atomic mass is 9.51. The van der Waals surface area contributed by atoms with E-state index in [-0.39, 0.29) is 5.41 Å².